The second-order valence-corrected chi connectivity index (χ2v) is 6.39. The third kappa shape index (κ3) is 2.93. The van der Waals surface area contributed by atoms with Crippen LogP contribution in [0.25, 0.3) is 0 Å². The van der Waals surface area contributed by atoms with Crippen LogP contribution in [0, 0.1) is 5.92 Å². The Morgan fingerprint density at radius 3 is 3.05 bits per heavy atom. The van der Waals surface area contributed by atoms with Crippen molar-refractivity contribution in [3.63, 3.8) is 0 Å². The van der Waals surface area contributed by atoms with Gasteiger partial charge in [0.1, 0.15) is 18.3 Å². The highest BCUT2D eigenvalue weighted by atomic mass is 35.5. The molecule has 1 N–H and O–H groups in total. The van der Waals surface area contributed by atoms with Gasteiger partial charge in [0.2, 0.25) is 5.91 Å². The molecule has 1 amide bonds. The van der Waals surface area contributed by atoms with Gasteiger partial charge in [-0.05, 0) is 31.2 Å². The van der Waals surface area contributed by atoms with Crippen molar-refractivity contribution in [3.05, 3.63) is 29.8 Å². The molecule has 1 saturated carbocycles. The molecule has 0 aromatic heterocycles. The Balaban J connectivity index is 1.55. The zero-order valence-electron chi connectivity index (χ0n) is 11.5. The molecule has 20 heavy (non-hydrogen) atoms. The molecule has 1 aromatic rings. The molecule has 3 unspecified atom stereocenters. The zero-order valence-corrected chi connectivity index (χ0v) is 12.2. The highest BCUT2D eigenvalue weighted by molar-refractivity contribution is 6.20. The van der Waals surface area contributed by atoms with E-state index < -0.39 is 0 Å². The quantitative estimate of drug-likeness (QED) is 0.870. The molecular weight excluding hydrogens is 274 g/mol. The van der Waals surface area contributed by atoms with Gasteiger partial charge < -0.3 is 10.1 Å². The van der Waals surface area contributed by atoms with Gasteiger partial charge in [-0.3, -0.25) is 4.79 Å². The molecule has 0 spiro atoms. The summed E-state index contributed by atoms with van der Waals surface area (Å²) in [7, 11) is 0. The fourth-order valence-corrected chi connectivity index (χ4v) is 3.56. The summed E-state index contributed by atoms with van der Waals surface area (Å²) in [6.07, 6.45) is 4.46. The molecule has 108 valence electrons. The molecule has 3 rings (SSSR count). The molecule has 2 aliphatic rings. The Bertz CT molecular complexity index is 491. The van der Waals surface area contributed by atoms with Crippen LogP contribution in [0.1, 0.15) is 37.2 Å². The minimum Gasteiger partial charge on any atom is -0.492 e. The van der Waals surface area contributed by atoms with Gasteiger partial charge in [0.05, 0.1) is 0 Å². The summed E-state index contributed by atoms with van der Waals surface area (Å²) in [5.41, 5.74) is 1.00. The summed E-state index contributed by atoms with van der Waals surface area (Å²) < 4.78 is 5.56. The van der Waals surface area contributed by atoms with Gasteiger partial charge >= 0.3 is 0 Å². The van der Waals surface area contributed by atoms with E-state index >= 15 is 0 Å². The lowest BCUT2D eigenvalue weighted by molar-refractivity contribution is -0.123. The number of carbonyl (C=O) groups is 1. The summed E-state index contributed by atoms with van der Waals surface area (Å²) >= 11 is 6.19. The summed E-state index contributed by atoms with van der Waals surface area (Å²) in [5, 5.41) is 3.36. The largest absolute Gasteiger partial charge is 0.492 e. The minimum absolute atomic E-state index is 0.0756. The van der Waals surface area contributed by atoms with Gasteiger partial charge in [0.15, 0.2) is 0 Å². The van der Waals surface area contributed by atoms with E-state index in [9.17, 15) is 4.79 Å². The predicted molar refractivity (Wildman–Crippen MR) is 79.3 cm³/mol. The normalized spacial score (nSPS) is 28.6. The van der Waals surface area contributed by atoms with Crippen molar-refractivity contribution in [1.29, 1.82) is 0 Å². The van der Waals surface area contributed by atoms with Crippen LogP contribution in [0.3, 0.4) is 0 Å². The van der Waals surface area contributed by atoms with E-state index in [4.69, 9.17) is 16.3 Å². The maximum atomic E-state index is 12.3. The number of nitrogens with one attached hydrogen (secondary N) is 1. The first kappa shape index (κ1) is 13.7. The second kappa shape index (κ2) is 6.04. The van der Waals surface area contributed by atoms with Crippen LogP contribution in [0.5, 0.6) is 5.75 Å². The SMILES string of the molecule is O=C(NCC1CCCC(Cl)C1)C1COc2ccccc21. The molecule has 0 radical (unpaired) electrons. The van der Waals surface area contributed by atoms with Gasteiger partial charge in [0, 0.05) is 17.5 Å². The van der Waals surface area contributed by atoms with Crippen LogP contribution >= 0.6 is 11.6 Å². The van der Waals surface area contributed by atoms with Crippen molar-refractivity contribution in [2.75, 3.05) is 13.2 Å². The average molecular weight is 294 g/mol. The molecular formula is C16H20ClNO2. The second-order valence-electron chi connectivity index (χ2n) is 5.78. The zero-order chi connectivity index (χ0) is 13.9. The molecule has 0 saturated heterocycles. The Kier molecular flexibility index (Phi) is 4.16. The molecule has 4 heteroatoms. The van der Waals surface area contributed by atoms with E-state index in [0.29, 0.717) is 12.5 Å². The van der Waals surface area contributed by atoms with Crippen LogP contribution in [0.15, 0.2) is 24.3 Å². The van der Waals surface area contributed by atoms with Crippen LogP contribution in [-0.2, 0) is 4.79 Å². The maximum absolute atomic E-state index is 12.3. The number of amides is 1. The van der Waals surface area contributed by atoms with E-state index in [0.717, 1.165) is 30.7 Å². The van der Waals surface area contributed by atoms with Crippen molar-refractivity contribution in [1.82, 2.24) is 5.32 Å². The molecule has 3 atom stereocenters. The molecule has 1 fully saturated rings. The first-order chi connectivity index (χ1) is 9.74. The summed E-state index contributed by atoms with van der Waals surface area (Å²) in [6.45, 7) is 1.19. The Labute approximate surface area is 124 Å². The number of para-hydroxylation sites is 1. The van der Waals surface area contributed by atoms with Crippen LogP contribution in [-0.4, -0.2) is 24.4 Å². The molecule has 1 aliphatic carbocycles. The van der Waals surface area contributed by atoms with Crippen molar-refractivity contribution < 1.29 is 9.53 Å². The number of benzene rings is 1. The third-order valence-corrected chi connectivity index (χ3v) is 4.70. The summed E-state index contributed by atoms with van der Waals surface area (Å²) in [4.78, 5) is 12.3. The maximum Gasteiger partial charge on any atom is 0.231 e. The standard InChI is InChI=1S/C16H20ClNO2/c17-12-5-3-4-11(8-12)9-18-16(19)14-10-20-15-7-2-1-6-13(14)15/h1-2,6-7,11-12,14H,3-5,8-10H2,(H,18,19). The first-order valence-corrected chi connectivity index (χ1v) is 7.81. The number of fused-ring (bicyclic) bond motifs is 1. The van der Waals surface area contributed by atoms with Crippen molar-refractivity contribution in [2.45, 2.75) is 37.0 Å². The van der Waals surface area contributed by atoms with Crippen LogP contribution in [0.4, 0.5) is 0 Å². The minimum atomic E-state index is -0.165. The van der Waals surface area contributed by atoms with Crippen LogP contribution < -0.4 is 10.1 Å². The van der Waals surface area contributed by atoms with Crippen molar-refractivity contribution >= 4 is 17.5 Å². The lowest BCUT2D eigenvalue weighted by Gasteiger charge is -2.25. The van der Waals surface area contributed by atoms with E-state index in [2.05, 4.69) is 5.32 Å². The third-order valence-electron chi connectivity index (χ3n) is 4.30. The molecule has 0 bridgehead atoms. The smallest absolute Gasteiger partial charge is 0.231 e. The topological polar surface area (TPSA) is 38.3 Å². The number of alkyl halides is 1. The van der Waals surface area contributed by atoms with Crippen molar-refractivity contribution in [3.8, 4) is 5.75 Å². The number of ether oxygens (including phenoxy) is 1. The number of hydrogen-bond acceptors (Lipinski definition) is 2. The Morgan fingerprint density at radius 2 is 2.20 bits per heavy atom. The van der Waals surface area contributed by atoms with Gasteiger partial charge in [-0.1, -0.05) is 24.6 Å². The number of carbonyl (C=O) groups excluding carboxylic acids is 1. The number of halogens is 1. The van der Waals surface area contributed by atoms with E-state index in [1.54, 1.807) is 0 Å². The van der Waals surface area contributed by atoms with Gasteiger partial charge in [-0.2, -0.15) is 0 Å². The van der Waals surface area contributed by atoms with E-state index in [1.165, 1.54) is 12.8 Å². The fraction of sp³-hybridized carbons (Fsp3) is 0.562. The summed E-state index contributed by atoms with van der Waals surface area (Å²) in [5.74, 6) is 1.27. The molecule has 1 aliphatic heterocycles. The van der Waals surface area contributed by atoms with Gasteiger partial charge in [0.25, 0.3) is 0 Å². The highest BCUT2D eigenvalue weighted by Crippen LogP contribution is 2.33. The highest BCUT2D eigenvalue weighted by Gasteiger charge is 2.30. The lowest BCUT2D eigenvalue weighted by atomic mass is 9.88. The average Bonchev–Trinajstić information content (AvgIpc) is 2.89. The Hall–Kier alpha value is -1.22. The van der Waals surface area contributed by atoms with Crippen molar-refractivity contribution in [2.24, 2.45) is 5.92 Å². The molecule has 1 aromatic carbocycles. The van der Waals surface area contributed by atoms with Crippen LogP contribution in [0.2, 0.25) is 0 Å². The van der Waals surface area contributed by atoms with E-state index in [-0.39, 0.29) is 17.2 Å². The van der Waals surface area contributed by atoms with E-state index in [1.807, 2.05) is 24.3 Å². The Morgan fingerprint density at radius 1 is 1.35 bits per heavy atom. The fourth-order valence-electron chi connectivity index (χ4n) is 3.16. The van der Waals surface area contributed by atoms with Gasteiger partial charge in [-0.15, -0.1) is 11.6 Å². The lowest BCUT2D eigenvalue weighted by Crippen LogP contribution is -2.35. The number of rotatable bonds is 3. The monoisotopic (exact) mass is 293 g/mol. The predicted octanol–water partition coefficient (Wildman–Crippen LogP) is 3.08. The molecule has 1 heterocycles. The molecule has 3 nitrogen and oxygen atoms in total. The summed E-state index contributed by atoms with van der Waals surface area (Å²) in [6, 6.07) is 7.78. The first-order valence-electron chi connectivity index (χ1n) is 7.37. The number of hydrogen-bond donors (Lipinski definition) is 1. The van der Waals surface area contributed by atoms with Gasteiger partial charge in [-0.25, -0.2) is 0 Å².